The lowest BCUT2D eigenvalue weighted by Gasteiger charge is -2.36. The van der Waals surface area contributed by atoms with Gasteiger partial charge in [-0.1, -0.05) is 160 Å². The van der Waals surface area contributed by atoms with E-state index in [4.69, 9.17) is 0 Å². The molecule has 0 aliphatic rings. The Morgan fingerprint density at radius 1 is 0.324 bits per heavy atom. The van der Waals surface area contributed by atoms with Gasteiger partial charge in [0.15, 0.2) is 0 Å². The first-order valence-electron chi connectivity index (χ1n) is 16.2. The molecule has 0 aromatic carbocycles. The van der Waals surface area contributed by atoms with E-state index in [1.54, 1.807) is 31.1 Å². The van der Waals surface area contributed by atoms with Crippen LogP contribution in [0.25, 0.3) is 0 Å². The first-order chi connectivity index (χ1) is 16.7. The first-order valence-corrected chi connectivity index (χ1v) is 19.8. The fraction of sp³-hybridized carbons (Fsp3) is 1.00. The summed E-state index contributed by atoms with van der Waals surface area (Å²) in [5, 5.41) is 1.14. The van der Waals surface area contributed by atoms with Gasteiger partial charge in [-0.3, -0.25) is 0 Å². The highest BCUT2D eigenvalue weighted by molar-refractivity contribution is 7.75. The van der Waals surface area contributed by atoms with E-state index in [0.29, 0.717) is 0 Å². The van der Waals surface area contributed by atoms with Gasteiger partial charge in [-0.15, -0.1) is 0 Å². The van der Waals surface area contributed by atoms with Crippen LogP contribution in [0.3, 0.4) is 0 Å². The van der Waals surface area contributed by atoms with Crippen LogP contribution in [0.5, 0.6) is 0 Å². The Kier molecular flexibility index (Phi) is 29.2. The average Bonchev–Trinajstić information content (AvgIpc) is 2.84. The van der Waals surface area contributed by atoms with Crippen LogP contribution >= 0.6 is 15.8 Å². The lowest BCUT2D eigenvalue weighted by molar-refractivity contribution is 0.648. The molecule has 0 aromatic heterocycles. The molecule has 0 N–H and O–H groups in total. The summed E-state index contributed by atoms with van der Waals surface area (Å²) >= 11 is 0. The molecule has 0 atom stereocenters. The molecule has 0 radical (unpaired) electrons. The van der Waals surface area contributed by atoms with E-state index in [1.165, 1.54) is 135 Å². The summed E-state index contributed by atoms with van der Waals surface area (Å²) < 4.78 is 0. The van der Waals surface area contributed by atoms with Gasteiger partial charge in [0.05, 0.1) is 0 Å². The SMILES string of the molecule is CCCCCCCP(CCCCCCC)C(CCC)P(CCCCCCC)CCCCCCC. The maximum absolute atomic E-state index is 2.49. The van der Waals surface area contributed by atoms with E-state index < -0.39 is 0 Å². The fourth-order valence-electron chi connectivity index (χ4n) is 5.35. The molecule has 206 valence electrons. The molecule has 0 saturated heterocycles. The minimum atomic E-state index is 0.263. The zero-order valence-corrected chi connectivity index (χ0v) is 26.6. The topological polar surface area (TPSA) is 0 Å². The van der Waals surface area contributed by atoms with Crippen molar-refractivity contribution in [2.45, 2.75) is 181 Å². The minimum Gasteiger partial charge on any atom is -0.0991 e. The summed E-state index contributed by atoms with van der Waals surface area (Å²) in [4.78, 5) is 0. The Morgan fingerprint density at radius 2 is 0.588 bits per heavy atom. The van der Waals surface area contributed by atoms with Crippen LogP contribution in [0.2, 0.25) is 0 Å². The van der Waals surface area contributed by atoms with Crippen molar-refractivity contribution in [2.24, 2.45) is 0 Å². The van der Waals surface area contributed by atoms with Gasteiger partial charge in [0.2, 0.25) is 0 Å². The summed E-state index contributed by atoms with van der Waals surface area (Å²) in [5.74, 6) is 0. The summed E-state index contributed by atoms with van der Waals surface area (Å²) in [7, 11) is 0.525. The van der Waals surface area contributed by atoms with E-state index in [1.807, 2.05) is 0 Å². The second kappa shape index (κ2) is 28.4. The second-order valence-corrected chi connectivity index (χ2v) is 16.8. The van der Waals surface area contributed by atoms with Crippen LogP contribution in [0.1, 0.15) is 176 Å². The predicted molar refractivity (Wildman–Crippen MR) is 167 cm³/mol. The molecule has 2 heteroatoms. The molecule has 0 amide bonds. The van der Waals surface area contributed by atoms with Gasteiger partial charge in [0.25, 0.3) is 0 Å². The molecule has 0 aromatic rings. The molecule has 0 fully saturated rings. The zero-order valence-electron chi connectivity index (χ0n) is 24.9. The summed E-state index contributed by atoms with van der Waals surface area (Å²) in [6, 6.07) is 0. The van der Waals surface area contributed by atoms with Crippen LogP contribution in [0.4, 0.5) is 0 Å². The van der Waals surface area contributed by atoms with Gasteiger partial charge in [-0.05, 0) is 62.2 Å². The lowest BCUT2D eigenvalue weighted by atomic mass is 10.2. The third-order valence-electron chi connectivity index (χ3n) is 7.59. The summed E-state index contributed by atoms with van der Waals surface area (Å²) in [6.07, 6.45) is 38.9. The Bertz CT molecular complexity index is 310. The number of hydrogen-bond acceptors (Lipinski definition) is 0. The Morgan fingerprint density at radius 3 is 0.824 bits per heavy atom. The van der Waals surface area contributed by atoms with Crippen molar-refractivity contribution in [2.75, 3.05) is 24.6 Å². The molecule has 0 rings (SSSR count). The summed E-state index contributed by atoms with van der Waals surface area (Å²) in [6.45, 7) is 11.9. The smallest absolute Gasteiger partial charge is 0.000593 e. The van der Waals surface area contributed by atoms with Crippen molar-refractivity contribution in [3.63, 3.8) is 0 Å². The molecule has 0 nitrogen and oxygen atoms in total. The van der Waals surface area contributed by atoms with Crippen molar-refractivity contribution in [3.8, 4) is 0 Å². The molecule has 0 heterocycles. The van der Waals surface area contributed by atoms with E-state index in [0.717, 1.165) is 5.40 Å². The number of hydrogen-bond donors (Lipinski definition) is 0. The molecule has 0 unspecified atom stereocenters. The quantitative estimate of drug-likeness (QED) is 0.0719. The third kappa shape index (κ3) is 21.0. The summed E-state index contributed by atoms with van der Waals surface area (Å²) in [5.41, 5.74) is 0. The van der Waals surface area contributed by atoms with Gasteiger partial charge < -0.3 is 0 Å². The van der Waals surface area contributed by atoms with Crippen molar-refractivity contribution >= 4 is 15.8 Å². The van der Waals surface area contributed by atoms with E-state index in [9.17, 15) is 0 Å². The monoisotopic (exact) mass is 514 g/mol. The fourth-order valence-corrected chi connectivity index (χ4v) is 14.0. The highest BCUT2D eigenvalue weighted by Crippen LogP contribution is 2.61. The van der Waals surface area contributed by atoms with Crippen molar-refractivity contribution in [1.82, 2.24) is 0 Å². The van der Waals surface area contributed by atoms with Crippen LogP contribution in [-0.4, -0.2) is 30.0 Å². The largest absolute Gasteiger partial charge is 0.0991 e. The molecule has 0 saturated carbocycles. The molecule has 0 spiro atoms. The average molecular weight is 515 g/mol. The minimum absolute atomic E-state index is 0.263. The van der Waals surface area contributed by atoms with Gasteiger partial charge in [0, 0.05) is 0 Å². The zero-order chi connectivity index (χ0) is 25.1. The van der Waals surface area contributed by atoms with Gasteiger partial charge in [-0.2, -0.15) is 0 Å². The highest BCUT2D eigenvalue weighted by Gasteiger charge is 2.27. The van der Waals surface area contributed by atoms with E-state index >= 15 is 0 Å². The highest BCUT2D eigenvalue weighted by atomic mass is 31.2. The van der Waals surface area contributed by atoms with Crippen molar-refractivity contribution in [1.29, 1.82) is 0 Å². The molecule has 0 bridgehead atoms. The molecule has 0 aliphatic carbocycles. The second-order valence-electron chi connectivity index (χ2n) is 11.0. The van der Waals surface area contributed by atoms with Crippen molar-refractivity contribution in [3.05, 3.63) is 0 Å². The first kappa shape index (κ1) is 34.9. The van der Waals surface area contributed by atoms with Crippen LogP contribution < -0.4 is 0 Å². The predicted octanol–water partition coefficient (Wildman–Crippen LogP) is 13.0. The molecular formula is C32H68P2. The number of unbranched alkanes of at least 4 members (excludes halogenated alkanes) is 16. The maximum Gasteiger partial charge on any atom is -0.000593 e. The van der Waals surface area contributed by atoms with Gasteiger partial charge in [-0.25, -0.2) is 0 Å². The Labute approximate surface area is 221 Å². The van der Waals surface area contributed by atoms with Crippen LogP contribution in [-0.2, 0) is 0 Å². The normalized spacial score (nSPS) is 12.0. The van der Waals surface area contributed by atoms with E-state index in [-0.39, 0.29) is 15.8 Å². The van der Waals surface area contributed by atoms with Crippen LogP contribution in [0, 0.1) is 0 Å². The Balaban J connectivity index is 5.11. The Hall–Kier alpha value is 0.860. The molecule has 34 heavy (non-hydrogen) atoms. The maximum atomic E-state index is 2.49. The molecular weight excluding hydrogens is 446 g/mol. The van der Waals surface area contributed by atoms with E-state index in [2.05, 4.69) is 34.6 Å². The lowest BCUT2D eigenvalue weighted by Crippen LogP contribution is -2.13. The van der Waals surface area contributed by atoms with Crippen molar-refractivity contribution < 1.29 is 0 Å². The third-order valence-corrected chi connectivity index (χ3v) is 15.3. The number of rotatable bonds is 28. The molecule has 0 aliphatic heterocycles. The van der Waals surface area contributed by atoms with Crippen LogP contribution in [0.15, 0.2) is 0 Å². The van der Waals surface area contributed by atoms with Gasteiger partial charge >= 0.3 is 0 Å². The van der Waals surface area contributed by atoms with Gasteiger partial charge in [0.1, 0.15) is 0 Å². The standard InChI is InChI=1S/C32H68P2/c1-6-11-15-19-23-28-33(29-24-20-16-12-7-2)32(27-10-5)34(30-25-21-17-13-8-3)31-26-22-18-14-9-4/h32H,6-31H2,1-5H3.